The largest absolute Gasteiger partial charge is 0.353 e. The van der Waals surface area contributed by atoms with Gasteiger partial charge in [-0.2, -0.15) is 0 Å². The van der Waals surface area contributed by atoms with E-state index in [1.807, 2.05) is 0 Å². The molecule has 2 heterocycles. The molecule has 0 aliphatic carbocycles. The van der Waals surface area contributed by atoms with E-state index in [4.69, 9.17) is 0 Å². The molecule has 0 unspecified atom stereocenters. The first-order valence-electron chi connectivity index (χ1n) is 6.78. The van der Waals surface area contributed by atoms with Gasteiger partial charge in [-0.25, -0.2) is 4.98 Å². The Morgan fingerprint density at radius 1 is 1.33 bits per heavy atom. The first-order valence-corrected chi connectivity index (χ1v) is 6.78. The molecule has 0 amide bonds. The van der Waals surface area contributed by atoms with Crippen molar-refractivity contribution in [2.24, 2.45) is 0 Å². The number of aromatic nitrogens is 1. The second kappa shape index (κ2) is 6.01. The van der Waals surface area contributed by atoms with Crippen LogP contribution in [0.4, 0.5) is 5.82 Å². The van der Waals surface area contributed by atoms with Crippen LogP contribution in [-0.4, -0.2) is 24.6 Å². The molecule has 0 spiro atoms. The SMILES string of the molecule is CCNCc1cc(C)nc(N2CC=C(C)CC2)c1. The Morgan fingerprint density at radius 2 is 2.17 bits per heavy atom. The molecule has 1 aliphatic heterocycles. The van der Waals surface area contributed by atoms with Gasteiger partial charge in [0, 0.05) is 25.3 Å². The minimum Gasteiger partial charge on any atom is -0.353 e. The number of pyridine rings is 1. The van der Waals surface area contributed by atoms with Crippen LogP contribution in [0.2, 0.25) is 0 Å². The lowest BCUT2D eigenvalue weighted by Crippen LogP contribution is -2.29. The molecule has 18 heavy (non-hydrogen) atoms. The van der Waals surface area contributed by atoms with Crippen molar-refractivity contribution in [1.29, 1.82) is 0 Å². The number of hydrogen-bond acceptors (Lipinski definition) is 3. The Balaban J connectivity index is 2.14. The van der Waals surface area contributed by atoms with Gasteiger partial charge in [-0.1, -0.05) is 18.6 Å². The number of anilines is 1. The van der Waals surface area contributed by atoms with Crippen LogP contribution in [0, 0.1) is 6.92 Å². The molecular formula is C15H23N3. The summed E-state index contributed by atoms with van der Waals surface area (Å²) in [6.07, 6.45) is 3.45. The fourth-order valence-electron chi connectivity index (χ4n) is 2.23. The summed E-state index contributed by atoms with van der Waals surface area (Å²) < 4.78 is 0. The van der Waals surface area contributed by atoms with E-state index in [2.05, 4.69) is 54.2 Å². The molecule has 0 aromatic carbocycles. The van der Waals surface area contributed by atoms with Crippen LogP contribution in [0.5, 0.6) is 0 Å². The molecule has 3 nitrogen and oxygen atoms in total. The Morgan fingerprint density at radius 3 is 2.83 bits per heavy atom. The molecule has 3 heteroatoms. The predicted molar refractivity (Wildman–Crippen MR) is 76.9 cm³/mol. The van der Waals surface area contributed by atoms with Crippen LogP contribution in [-0.2, 0) is 6.54 Å². The van der Waals surface area contributed by atoms with Gasteiger partial charge < -0.3 is 10.2 Å². The van der Waals surface area contributed by atoms with Crippen molar-refractivity contribution in [3.63, 3.8) is 0 Å². The molecule has 1 aromatic heterocycles. The van der Waals surface area contributed by atoms with Crippen LogP contribution < -0.4 is 10.2 Å². The molecule has 98 valence electrons. The quantitative estimate of drug-likeness (QED) is 0.827. The normalized spacial score (nSPS) is 15.7. The van der Waals surface area contributed by atoms with E-state index in [0.29, 0.717) is 0 Å². The Bertz CT molecular complexity index is 437. The highest BCUT2D eigenvalue weighted by Crippen LogP contribution is 2.19. The number of nitrogens with zero attached hydrogens (tertiary/aromatic N) is 2. The summed E-state index contributed by atoms with van der Waals surface area (Å²) in [5.41, 5.74) is 3.92. The van der Waals surface area contributed by atoms with E-state index in [9.17, 15) is 0 Å². The first kappa shape index (κ1) is 13.1. The van der Waals surface area contributed by atoms with Gasteiger partial charge in [0.05, 0.1) is 0 Å². The van der Waals surface area contributed by atoms with Gasteiger partial charge >= 0.3 is 0 Å². The molecule has 0 radical (unpaired) electrons. The number of aryl methyl sites for hydroxylation is 1. The van der Waals surface area contributed by atoms with Crippen molar-refractivity contribution >= 4 is 5.82 Å². The van der Waals surface area contributed by atoms with E-state index < -0.39 is 0 Å². The summed E-state index contributed by atoms with van der Waals surface area (Å²) in [5, 5.41) is 3.37. The maximum Gasteiger partial charge on any atom is 0.129 e. The summed E-state index contributed by atoms with van der Waals surface area (Å²) in [6.45, 7) is 10.4. The monoisotopic (exact) mass is 245 g/mol. The minimum atomic E-state index is 0.926. The minimum absolute atomic E-state index is 0.926. The third-order valence-electron chi connectivity index (χ3n) is 3.34. The lowest BCUT2D eigenvalue weighted by atomic mass is 10.1. The van der Waals surface area contributed by atoms with E-state index in [0.717, 1.165) is 44.1 Å². The second-order valence-electron chi connectivity index (χ2n) is 5.00. The van der Waals surface area contributed by atoms with Gasteiger partial charge in [0.2, 0.25) is 0 Å². The standard InChI is InChI=1S/C15H23N3/c1-4-16-11-14-9-13(3)17-15(10-14)18-7-5-12(2)6-8-18/h5,9-10,16H,4,6-8,11H2,1-3H3. The van der Waals surface area contributed by atoms with E-state index in [1.165, 1.54) is 11.1 Å². The van der Waals surface area contributed by atoms with E-state index in [1.54, 1.807) is 0 Å². The Labute approximate surface area is 110 Å². The summed E-state index contributed by atoms with van der Waals surface area (Å²) in [4.78, 5) is 7.02. The molecule has 0 atom stereocenters. The van der Waals surface area contributed by atoms with Gasteiger partial charge in [-0.3, -0.25) is 0 Å². The van der Waals surface area contributed by atoms with Crippen molar-refractivity contribution < 1.29 is 0 Å². The van der Waals surface area contributed by atoms with Crippen molar-refractivity contribution in [2.75, 3.05) is 24.5 Å². The molecule has 2 rings (SSSR count). The highest BCUT2D eigenvalue weighted by atomic mass is 15.2. The zero-order chi connectivity index (χ0) is 13.0. The zero-order valence-corrected chi connectivity index (χ0v) is 11.7. The third kappa shape index (κ3) is 3.33. The second-order valence-corrected chi connectivity index (χ2v) is 5.00. The average Bonchev–Trinajstić information content (AvgIpc) is 2.36. The number of rotatable bonds is 4. The molecule has 0 saturated carbocycles. The smallest absolute Gasteiger partial charge is 0.129 e. The van der Waals surface area contributed by atoms with Crippen molar-refractivity contribution in [1.82, 2.24) is 10.3 Å². The van der Waals surface area contributed by atoms with Gasteiger partial charge in [-0.15, -0.1) is 0 Å². The van der Waals surface area contributed by atoms with Crippen LogP contribution in [0.1, 0.15) is 31.5 Å². The molecule has 1 N–H and O–H groups in total. The van der Waals surface area contributed by atoms with Gasteiger partial charge in [0.25, 0.3) is 0 Å². The Hall–Kier alpha value is -1.35. The van der Waals surface area contributed by atoms with Gasteiger partial charge in [-0.05, 0) is 44.5 Å². The average molecular weight is 245 g/mol. The molecule has 1 aromatic rings. The highest BCUT2D eigenvalue weighted by Gasteiger charge is 2.12. The maximum atomic E-state index is 4.66. The van der Waals surface area contributed by atoms with Crippen LogP contribution in [0.3, 0.4) is 0 Å². The fourth-order valence-corrected chi connectivity index (χ4v) is 2.23. The summed E-state index contributed by atoms with van der Waals surface area (Å²) in [6, 6.07) is 4.38. The van der Waals surface area contributed by atoms with Gasteiger partial charge in [0.15, 0.2) is 0 Å². The fraction of sp³-hybridized carbons (Fsp3) is 0.533. The molecule has 0 saturated heterocycles. The molecule has 0 fully saturated rings. The summed E-state index contributed by atoms with van der Waals surface area (Å²) in [5.74, 6) is 1.12. The lowest BCUT2D eigenvalue weighted by molar-refractivity contribution is 0.721. The molecular weight excluding hydrogens is 222 g/mol. The molecule has 1 aliphatic rings. The van der Waals surface area contributed by atoms with Crippen LogP contribution in [0.25, 0.3) is 0 Å². The molecule has 0 bridgehead atoms. The number of nitrogens with one attached hydrogen (secondary N) is 1. The van der Waals surface area contributed by atoms with Crippen LogP contribution >= 0.6 is 0 Å². The predicted octanol–water partition coefficient (Wildman–Crippen LogP) is 2.66. The highest BCUT2D eigenvalue weighted by molar-refractivity contribution is 5.44. The lowest BCUT2D eigenvalue weighted by Gasteiger charge is -2.27. The van der Waals surface area contributed by atoms with Crippen molar-refractivity contribution in [3.8, 4) is 0 Å². The third-order valence-corrected chi connectivity index (χ3v) is 3.34. The number of hydrogen-bond donors (Lipinski definition) is 1. The van der Waals surface area contributed by atoms with E-state index >= 15 is 0 Å². The van der Waals surface area contributed by atoms with Crippen LogP contribution in [0.15, 0.2) is 23.8 Å². The first-order chi connectivity index (χ1) is 8.69. The van der Waals surface area contributed by atoms with E-state index in [-0.39, 0.29) is 0 Å². The summed E-state index contributed by atoms with van der Waals surface area (Å²) >= 11 is 0. The topological polar surface area (TPSA) is 28.2 Å². The van der Waals surface area contributed by atoms with Crippen molar-refractivity contribution in [2.45, 2.75) is 33.7 Å². The van der Waals surface area contributed by atoms with Gasteiger partial charge in [0.1, 0.15) is 5.82 Å². The van der Waals surface area contributed by atoms with Crippen molar-refractivity contribution in [3.05, 3.63) is 35.0 Å². The summed E-state index contributed by atoms with van der Waals surface area (Å²) in [7, 11) is 0. The maximum absolute atomic E-state index is 4.66. The Kier molecular flexibility index (Phi) is 4.37. The zero-order valence-electron chi connectivity index (χ0n) is 11.7.